The summed E-state index contributed by atoms with van der Waals surface area (Å²) in [4.78, 5) is 16.0. The predicted molar refractivity (Wildman–Crippen MR) is 115 cm³/mol. The number of aromatic nitrogens is 1. The standard InChI is InChI=1S/C25H29FN2O/c1-17-15-22(24(28-17)21-9-5-6-10-23(21)26)25(29)27-16-18-11-13-20(14-12-18)19-7-3-2-4-8-19/h3,5-10,15,18,20,28H,2,4,11-14,16H2,1H3,(H,27,29). The van der Waals surface area contributed by atoms with E-state index in [-0.39, 0.29) is 11.7 Å². The normalized spacial score (nSPS) is 21.7. The number of nitrogens with one attached hydrogen (secondary N) is 2. The minimum Gasteiger partial charge on any atom is -0.358 e. The number of amides is 1. The van der Waals surface area contributed by atoms with E-state index in [0.29, 0.717) is 35.2 Å². The first kappa shape index (κ1) is 19.7. The average Bonchev–Trinajstić information content (AvgIpc) is 3.15. The monoisotopic (exact) mass is 392 g/mol. The molecule has 2 aliphatic carbocycles. The molecule has 1 amide bonds. The Bertz CT molecular complexity index is 932. The molecule has 2 N–H and O–H groups in total. The average molecular weight is 393 g/mol. The number of rotatable bonds is 5. The van der Waals surface area contributed by atoms with Crippen molar-refractivity contribution in [2.24, 2.45) is 11.8 Å². The molecule has 0 saturated heterocycles. The second-order valence-electron chi connectivity index (χ2n) is 8.33. The number of allylic oxidation sites excluding steroid dienone is 4. The molecule has 3 nitrogen and oxygen atoms in total. The van der Waals surface area contributed by atoms with E-state index in [2.05, 4.69) is 28.5 Å². The molecule has 0 unspecified atom stereocenters. The molecule has 0 bridgehead atoms. The van der Waals surface area contributed by atoms with Gasteiger partial charge in [0.15, 0.2) is 0 Å². The van der Waals surface area contributed by atoms with E-state index in [1.807, 2.05) is 6.92 Å². The molecule has 0 spiro atoms. The lowest BCUT2D eigenvalue weighted by Crippen LogP contribution is -2.31. The van der Waals surface area contributed by atoms with Gasteiger partial charge in [-0.05, 0) is 81.1 Å². The third-order valence-corrected chi connectivity index (χ3v) is 6.23. The molecule has 29 heavy (non-hydrogen) atoms. The number of H-pyrrole nitrogens is 1. The summed E-state index contributed by atoms with van der Waals surface area (Å²) in [5, 5.41) is 3.10. The smallest absolute Gasteiger partial charge is 0.253 e. The fourth-order valence-corrected chi connectivity index (χ4v) is 4.61. The number of hydrogen-bond acceptors (Lipinski definition) is 1. The Kier molecular flexibility index (Phi) is 5.98. The van der Waals surface area contributed by atoms with Crippen LogP contribution >= 0.6 is 0 Å². The van der Waals surface area contributed by atoms with Crippen molar-refractivity contribution in [3.8, 4) is 11.3 Å². The van der Waals surface area contributed by atoms with Gasteiger partial charge in [0.2, 0.25) is 0 Å². The van der Waals surface area contributed by atoms with Crippen molar-refractivity contribution in [1.82, 2.24) is 10.3 Å². The van der Waals surface area contributed by atoms with Gasteiger partial charge in [-0.1, -0.05) is 30.4 Å². The highest BCUT2D eigenvalue weighted by Crippen LogP contribution is 2.35. The van der Waals surface area contributed by atoms with Gasteiger partial charge in [0, 0.05) is 17.8 Å². The van der Waals surface area contributed by atoms with Crippen molar-refractivity contribution in [1.29, 1.82) is 0 Å². The van der Waals surface area contributed by atoms with E-state index >= 15 is 0 Å². The Morgan fingerprint density at radius 2 is 1.97 bits per heavy atom. The molecule has 1 saturated carbocycles. The lowest BCUT2D eigenvalue weighted by molar-refractivity contribution is 0.0943. The number of aromatic amines is 1. The van der Waals surface area contributed by atoms with Gasteiger partial charge in [0.05, 0.1) is 11.3 Å². The Hall–Kier alpha value is -2.62. The van der Waals surface area contributed by atoms with Crippen LogP contribution in [0.4, 0.5) is 4.39 Å². The van der Waals surface area contributed by atoms with Gasteiger partial charge in [0.1, 0.15) is 5.82 Å². The number of hydrogen-bond donors (Lipinski definition) is 2. The highest BCUT2D eigenvalue weighted by atomic mass is 19.1. The van der Waals surface area contributed by atoms with Crippen LogP contribution in [0, 0.1) is 24.6 Å². The summed E-state index contributed by atoms with van der Waals surface area (Å²) in [6, 6.07) is 8.36. The zero-order chi connectivity index (χ0) is 20.2. The van der Waals surface area contributed by atoms with E-state index in [1.54, 1.807) is 24.3 Å². The van der Waals surface area contributed by atoms with Crippen LogP contribution in [0.15, 0.2) is 54.1 Å². The molecular formula is C25H29FN2O. The number of benzene rings is 1. The van der Waals surface area contributed by atoms with Gasteiger partial charge >= 0.3 is 0 Å². The largest absolute Gasteiger partial charge is 0.358 e. The summed E-state index contributed by atoms with van der Waals surface area (Å²) >= 11 is 0. The quantitative estimate of drug-likeness (QED) is 0.650. The minimum absolute atomic E-state index is 0.132. The Morgan fingerprint density at radius 1 is 1.17 bits per heavy atom. The maximum absolute atomic E-state index is 14.2. The lowest BCUT2D eigenvalue weighted by atomic mass is 9.77. The highest BCUT2D eigenvalue weighted by Gasteiger charge is 2.24. The van der Waals surface area contributed by atoms with Crippen molar-refractivity contribution in [2.75, 3.05) is 6.54 Å². The maximum Gasteiger partial charge on any atom is 0.253 e. The maximum atomic E-state index is 14.2. The molecule has 152 valence electrons. The second kappa shape index (κ2) is 8.81. The first-order valence-electron chi connectivity index (χ1n) is 10.7. The number of carbonyl (C=O) groups is 1. The Morgan fingerprint density at radius 3 is 2.69 bits per heavy atom. The van der Waals surface area contributed by atoms with Gasteiger partial charge in [-0.2, -0.15) is 0 Å². The molecule has 0 atom stereocenters. The van der Waals surface area contributed by atoms with Crippen molar-refractivity contribution in [2.45, 2.75) is 45.4 Å². The van der Waals surface area contributed by atoms with Crippen molar-refractivity contribution < 1.29 is 9.18 Å². The van der Waals surface area contributed by atoms with Crippen molar-refractivity contribution in [3.05, 3.63) is 71.2 Å². The van der Waals surface area contributed by atoms with Crippen LogP contribution in [0.5, 0.6) is 0 Å². The first-order valence-corrected chi connectivity index (χ1v) is 10.7. The zero-order valence-electron chi connectivity index (χ0n) is 17.0. The van der Waals surface area contributed by atoms with E-state index in [4.69, 9.17) is 0 Å². The van der Waals surface area contributed by atoms with Crippen LogP contribution in [0.1, 0.15) is 54.6 Å². The third-order valence-electron chi connectivity index (χ3n) is 6.23. The fraction of sp³-hybridized carbons (Fsp3) is 0.400. The molecule has 2 aliphatic rings. The van der Waals surface area contributed by atoms with E-state index in [9.17, 15) is 9.18 Å². The fourth-order valence-electron chi connectivity index (χ4n) is 4.61. The minimum atomic E-state index is -0.326. The van der Waals surface area contributed by atoms with E-state index < -0.39 is 0 Å². The summed E-state index contributed by atoms with van der Waals surface area (Å²) in [7, 11) is 0. The SMILES string of the molecule is Cc1cc(C(=O)NCC2CCC(C3=CCCC=C3)CC2)c(-c2ccccc2F)[nH]1. The molecule has 1 fully saturated rings. The summed E-state index contributed by atoms with van der Waals surface area (Å²) in [5.74, 6) is 0.735. The van der Waals surface area contributed by atoms with E-state index in [1.165, 1.54) is 37.3 Å². The highest BCUT2D eigenvalue weighted by molar-refractivity contribution is 6.00. The molecule has 0 radical (unpaired) electrons. The molecule has 4 rings (SSSR count). The van der Waals surface area contributed by atoms with E-state index in [0.717, 1.165) is 18.5 Å². The van der Waals surface area contributed by atoms with Crippen LogP contribution in [0.3, 0.4) is 0 Å². The molecule has 1 aromatic heterocycles. The molecule has 1 aromatic carbocycles. The number of carbonyl (C=O) groups excluding carboxylic acids is 1. The van der Waals surface area contributed by atoms with Crippen LogP contribution in [-0.4, -0.2) is 17.4 Å². The van der Waals surface area contributed by atoms with Crippen LogP contribution in [-0.2, 0) is 0 Å². The Labute approximate surface area is 172 Å². The second-order valence-corrected chi connectivity index (χ2v) is 8.33. The summed E-state index contributed by atoms with van der Waals surface area (Å²) in [6.07, 6.45) is 14.0. The van der Waals surface area contributed by atoms with Crippen LogP contribution in [0.2, 0.25) is 0 Å². The zero-order valence-corrected chi connectivity index (χ0v) is 17.0. The molecule has 1 heterocycles. The van der Waals surface area contributed by atoms with Gasteiger partial charge in [-0.25, -0.2) is 4.39 Å². The molecule has 0 aliphatic heterocycles. The van der Waals surface area contributed by atoms with Crippen LogP contribution in [0.25, 0.3) is 11.3 Å². The molecule has 4 heteroatoms. The number of aryl methyl sites for hydroxylation is 1. The first-order chi connectivity index (χ1) is 14.1. The van der Waals surface area contributed by atoms with Gasteiger partial charge in [-0.15, -0.1) is 0 Å². The predicted octanol–water partition coefficient (Wildman–Crippen LogP) is 5.94. The third kappa shape index (κ3) is 4.52. The summed E-state index contributed by atoms with van der Waals surface area (Å²) < 4.78 is 14.2. The van der Waals surface area contributed by atoms with Gasteiger partial charge in [-0.3, -0.25) is 4.79 Å². The van der Waals surface area contributed by atoms with Crippen molar-refractivity contribution in [3.63, 3.8) is 0 Å². The number of halogens is 1. The summed E-state index contributed by atoms with van der Waals surface area (Å²) in [6.45, 7) is 2.57. The topological polar surface area (TPSA) is 44.9 Å². The Balaban J connectivity index is 1.36. The van der Waals surface area contributed by atoms with Gasteiger partial charge in [0.25, 0.3) is 5.91 Å². The summed E-state index contributed by atoms with van der Waals surface area (Å²) in [5.41, 5.74) is 3.86. The van der Waals surface area contributed by atoms with Crippen molar-refractivity contribution >= 4 is 5.91 Å². The molecule has 2 aromatic rings. The van der Waals surface area contributed by atoms with Gasteiger partial charge < -0.3 is 10.3 Å². The lowest BCUT2D eigenvalue weighted by Gasteiger charge is -2.30. The van der Waals surface area contributed by atoms with Crippen LogP contribution < -0.4 is 5.32 Å². The molecular weight excluding hydrogens is 363 g/mol.